The Hall–Kier alpha value is -0.800. The van der Waals surface area contributed by atoms with Crippen LogP contribution in [0.25, 0.3) is 0 Å². The van der Waals surface area contributed by atoms with E-state index >= 15 is 0 Å². The van der Waals surface area contributed by atoms with Crippen LogP contribution in [-0.4, -0.2) is 52.3 Å². The van der Waals surface area contributed by atoms with Gasteiger partial charge in [-0.25, -0.2) is 0 Å². The minimum atomic E-state index is 0.0714. The summed E-state index contributed by atoms with van der Waals surface area (Å²) in [5, 5.41) is 0. The number of unbranched alkanes of at least 4 members (excludes halogenated alkanes) is 1. The lowest BCUT2D eigenvalue weighted by Crippen LogP contribution is -2.29. The lowest BCUT2D eigenvalue weighted by Gasteiger charge is -2.43. The fourth-order valence-corrected chi connectivity index (χ4v) is 17.6. The van der Waals surface area contributed by atoms with E-state index in [9.17, 15) is 0 Å². The number of aryl methyl sites for hydroxylation is 1. The Kier molecular flexibility index (Phi) is 12.6. The van der Waals surface area contributed by atoms with E-state index in [4.69, 9.17) is 18.9 Å². The Morgan fingerprint density at radius 2 is 1.10 bits per heavy atom. The molecule has 3 aromatic carbocycles. The third kappa shape index (κ3) is 7.27. The van der Waals surface area contributed by atoms with Crippen molar-refractivity contribution in [2.45, 2.75) is 31.1 Å². The third-order valence-electron chi connectivity index (χ3n) is 8.74. The molecule has 49 heavy (non-hydrogen) atoms. The largest absolute Gasteiger partial charge is 0.467 e. The number of benzene rings is 3. The van der Waals surface area contributed by atoms with Gasteiger partial charge in [-0.2, -0.15) is 0 Å². The van der Waals surface area contributed by atoms with Gasteiger partial charge in [0.05, 0.1) is 25.4 Å². The summed E-state index contributed by atoms with van der Waals surface area (Å²) in [6.07, 6.45) is 9.63. The van der Waals surface area contributed by atoms with Gasteiger partial charge in [0.25, 0.3) is 0 Å². The van der Waals surface area contributed by atoms with Gasteiger partial charge >= 0.3 is 0 Å². The summed E-state index contributed by atoms with van der Waals surface area (Å²) in [4.78, 5) is 0. The van der Waals surface area contributed by atoms with Crippen molar-refractivity contribution in [2.75, 3.05) is 52.3 Å². The molecule has 0 saturated heterocycles. The highest BCUT2D eigenvalue weighted by molar-refractivity contribution is 8.44. The summed E-state index contributed by atoms with van der Waals surface area (Å²) < 4.78 is 32.5. The number of methoxy groups -OCH3 is 2. The molecule has 3 aromatic rings. The van der Waals surface area contributed by atoms with E-state index in [1.54, 1.807) is 14.2 Å². The summed E-state index contributed by atoms with van der Waals surface area (Å²) in [6, 6.07) is 20.0. The molecule has 2 aliphatic heterocycles. The molecular weight excluding hydrogens is 765 g/mol. The minimum Gasteiger partial charge on any atom is -0.467 e. The zero-order chi connectivity index (χ0) is 33.9. The van der Waals surface area contributed by atoms with Crippen LogP contribution in [0.1, 0.15) is 63.6 Å². The van der Waals surface area contributed by atoms with Crippen molar-refractivity contribution in [2.24, 2.45) is 0 Å². The topological polar surface area (TPSA) is 36.9 Å². The van der Waals surface area contributed by atoms with Crippen molar-refractivity contribution in [3.05, 3.63) is 119 Å². The first-order valence-electron chi connectivity index (χ1n) is 15.9. The number of thioether (sulfide) groups is 8. The highest BCUT2D eigenvalue weighted by atomic mass is 32.3. The van der Waals surface area contributed by atoms with Gasteiger partial charge in [-0.15, -0.1) is 47.0 Å². The molecule has 0 radical (unpaired) electrons. The molecule has 0 fully saturated rings. The molecule has 0 atom stereocenters. The maximum atomic E-state index is 6.54. The van der Waals surface area contributed by atoms with E-state index in [0.29, 0.717) is 0 Å². The maximum absolute atomic E-state index is 6.54. The van der Waals surface area contributed by atoms with Crippen molar-refractivity contribution in [3.8, 4) is 11.5 Å². The zero-order valence-corrected chi connectivity index (χ0v) is 34.5. The van der Waals surface area contributed by atoms with Crippen LogP contribution in [0, 0.1) is 0 Å². The molecule has 0 unspecified atom stereocenters. The summed E-state index contributed by atoms with van der Waals surface area (Å²) in [5.41, 5.74) is 8.99. The second-order valence-electron chi connectivity index (χ2n) is 11.5. The predicted octanol–water partition coefficient (Wildman–Crippen LogP) is 12.1. The Bertz CT molecular complexity index is 1750. The fraction of sp³-hybridized carbons (Fsp3) is 0.351. The van der Waals surface area contributed by atoms with Crippen molar-refractivity contribution >= 4 is 94.1 Å². The fourth-order valence-electron chi connectivity index (χ4n) is 6.82. The van der Waals surface area contributed by atoms with Gasteiger partial charge in [0.1, 0.15) is 11.5 Å². The zero-order valence-electron chi connectivity index (χ0n) is 28.0. The SMILES string of the molecule is COCOc1cc(CCCCSC2=C(SC)SC(=C3SC(SC)=C(SC)S3)S2)c(OCOC)c2c1C1c3ccccc3C2c2ccccc21. The monoisotopic (exact) mass is 802 g/mol. The molecule has 0 amide bonds. The quantitative estimate of drug-likeness (QED) is 0.0747. The summed E-state index contributed by atoms with van der Waals surface area (Å²) >= 11 is 15.4. The number of rotatable bonds is 15. The molecule has 12 heteroatoms. The van der Waals surface area contributed by atoms with E-state index in [-0.39, 0.29) is 25.4 Å². The molecule has 3 aliphatic carbocycles. The van der Waals surface area contributed by atoms with Crippen LogP contribution in [0.3, 0.4) is 0 Å². The first-order valence-corrected chi connectivity index (χ1v) is 23.8. The normalized spacial score (nSPS) is 19.1. The molecule has 0 N–H and O–H groups in total. The third-order valence-corrected chi connectivity index (χ3v) is 19.9. The number of hydrogen-bond acceptors (Lipinski definition) is 12. The maximum Gasteiger partial charge on any atom is 0.188 e. The Labute approximate surface area is 324 Å². The molecule has 2 heterocycles. The first kappa shape index (κ1) is 36.6. The van der Waals surface area contributed by atoms with Gasteiger partial charge in [0.2, 0.25) is 0 Å². The summed E-state index contributed by atoms with van der Waals surface area (Å²) in [7, 11) is 3.37. The molecule has 0 saturated carbocycles. The number of hydrogen-bond donors (Lipinski definition) is 0. The van der Waals surface area contributed by atoms with Crippen molar-refractivity contribution in [1.82, 2.24) is 0 Å². The Balaban J connectivity index is 1.12. The van der Waals surface area contributed by atoms with Gasteiger partial charge in [-0.3, -0.25) is 0 Å². The molecule has 0 spiro atoms. The van der Waals surface area contributed by atoms with Crippen LogP contribution >= 0.6 is 94.1 Å². The molecule has 258 valence electrons. The van der Waals surface area contributed by atoms with Crippen molar-refractivity contribution in [1.29, 1.82) is 0 Å². The van der Waals surface area contributed by atoms with E-state index < -0.39 is 0 Å². The smallest absolute Gasteiger partial charge is 0.188 e. The predicted molar refractivity (Wildman–Crippen MR) is 224 cm³/mol. The van der Waals surface area contributed by atoms with E-state index in [1.807, 2.05) is 94.1 Å². The Morgan fingerprint density at radius 1 is 0.612 bits per heavy atom. The minimum absolute atomic E-state index is 0.0714. The van der Waals surface area contributed by atoms with E-state index in [1.165, 1.54) is 64.4 Å². The van der Waals surface area contributed by atoms with Crippen LogP contribution in [0.2, 0.25) is 0 Å². The second kappa shape index (κ2) is 16.9. The van der Waals surface area contributed by atoms with Crippen molar-refractivity contribution < 1.29 is 18.9 Å². The standard InChI is InChI=1S/C37H38O4S8/c1-38-19-40-26-18-21(12-10-11-17-45-35-34(44-5)48-37(49-35)36-46-32(42-3)33(43-4)47-36)31(41-20-39-2)30-28-24-15-8-6-13-22(24)27(29(26)30)23-14-7-9-16-25(23)28/h6-9,13-16,18,27-28H,10-12,17,19-20H2,1-5H3. The molecule has 4 nitrogen and oxygen atoms in total. The molecule has 8 rings (SSSR count). The van der Waals surface area contributed by atoms with Gasteiger partial charge in [0, 0.05) is 37.2 Å². The van der Waals surface area contributed by atoms with Crippen LogP contribution in [0.5, 0.6) is 11.5 Å². The summed E-state index contributed by atoms with van der Waals surface area (Å²) in [6.45, 7) is 0.405. The van der Waals surface area contributed by atoms with Crippen LogP contribution in [-0.2, 0) is 15.9 Å². The average molecular weight is 803 g/mol. The van der Waals surface area contributed by atoms with Gasteiger partial charge in [-0.1, -0.05) is 95.6 Å². The number of ether oxygens (including phenoxy) is 4. The Morgan fingerprint density at radius 3 is 1.63 bits per heavy atom. The van der Waals surface area contributed by atoms with Crippen LogP contribution in [0.4, 0.5) is 0 Å². The van der Waals surface area contributed by atoms with E-state index in [0.717, 1.165) is 36.5 Å². The highest BCUT2D eigenvalue weighted by Gasteiger charge is 2.45. The van der Waals surface area contributed by atoms with Gasteiger partial charge in [-0.05, 0) is 77.7 Å². The highest BCUT2D eigenvalue weighted by Crippen LogP contribution is 2.66. The average Bonchev–Trinajstić information content (AvgIpc) is 3.77. The van der Waals surface area contributed by atoms with Gasteiger partial charge in [0.15, 0.2) is 13.6 Å². The molecule has 0 aromatic heterocycles. The van der Waals surface area contributed by atoms with Crippen LogP contribution in [0.15, 0.2) is 80.0 Å². The second-order valence-corrected chi connectivity index (χ2v) is 20.7. The molecular formula is C37H38O4S8. The van der Waals surface area contributed by atoms with Crippen LogP contribution < -0.4 is 9.47 Å². The van der Waals surface area contributed by atoms with E-state index in [2.05, 4.69) is 73.4 Å². The summed E-state index contributed by atoms with van der Waals surface area (Å²) in [5.74, 6) is 3.08. The van der Waals surface area contributed by atoms with Gasteiger partial charge < -0.3 is 18.9 Å². The first-order chi connectivity index (χ1) is 24.1. The lowest BCUT2D eigenvalue weighted by molar-refractivity contribution is 0.0463. The molecule has 2 bridgehead atoms. The lowest BCUT2D eigenvalue weighted by atomic mass is 9.60. The molecule has 5 aliphatic rings. The van der Waals surface area contributed by atoms with Crippen molar-refractivity contribution in [3.63, 3.8) is 0 Å².